The first-order valence-electron chi connectivity index (χ1n) is 26.2. The van der Waals surface area contributed by atoms with Crippen LogP contribution in [0.15, 0.2) is 48.8 Å². The van der Waals surface area contributed by atoms with Crippen molar-refractivity contribution in [3.8, 4) is 0 Å². The number of piperidine rings is 2. The second-order valence-electron chi connectivity index (χ2n) is 21.3. The maximum Gasteiger partial charge on any atom is 0.437 e. The summed E-state index contributed by atoms with van der Waals surface area (Å²) in [6.07, 6.45) is -0.276. The smallest absolute Gasteiger partial charge is 0.355 e. The Morgan fingerprint density at radius 2 is 1.10 bits per heavy atom. The number of aromatic nitrogens is 8. The highest BCUT2D eigenvalue weighted by Gasteiger charge is 2.43. The van der Waals surface area contributed by atoms with Gasteiger partial charge in [-0.3, -0.25) is 4.79 Å². The molecule has 0 spiro atoms. The quantitative estimate of drug-likeness (QED) is 0.0968. The molecule has 4 unspecified atom stereocenters. The van der Waals surface area contributed by atoms with Crippen molar-refractivity contribution in [2.75, 3.05) is 93.8 Å². The van der Waals surface area contributed by atoms with Crippen molar-refractivity contribution >= 4 is 96.1 Å². The van der Waals surface area contributed by atoms with Crippen molar-refractivity contribution in [3.63, 3.8) is 0 Å². The van der Waals surface area contributed by atoms with Crippen molar-refractivity contribution in [2.24, 2.45) is 23.7 Å². The number of rotatable bonds is 15. The zero-order chi connectivity index (χ0) is 56.7. The number of hydrogen-bond acceptors (Lipinski definition) is 13. The fraction of sp³-hybridized carbons (Fsp3) is 0.558. The summed E-state index contributed by atoms with van der Waals surface area (Å²) in [6.45, 7) is 14.1. The van der Waals surface area contributed by atoms with Crippen LogP contribution in [0.3, 0.4) is 0 Å². The van der Waals surface area contributed by atoms with Crippen LogP contribution in [0.1, 0.15) is 87.5 Å². The van der Waals surface area contributed by atoms with E-state index in [1.807, 2.05) is 4.90 Å². The molecule has 8 heterocycles. The number of halogens is 10. The lowest BCUT2D eigenvalue weighted by Crippen LogP contribution is -2.54. The predicted octanol–water partition coefficient (Wildman–Crippen LogP) is 10.4. The zero-order valence-electron chi connectivity index (χ0n) is 43.9. The minimum absolute atomic E-state index is 0.0226. The Morgan fingerprint density at radius 3 is 1.49 bits per heavy atom. The standard InChI is InChI=1S/C26H30Cl2F3N7O.C26H31Cl2F3N6O2S/c1-15(20-6-5-19(27)10-21(20)28)38-25-23(24(35-38)26(29,30)31)33-11-22(34-25)37-13-18(14-37)17-4-3-8-36(12-17)9-7-32-16(2)39;1-16(20-7-6-19(27)11-21(20)28)37-25-23(24(34-37)26(29,30)31)32-12-22(33-25)36-14-18(15-36)17-5-3-8-35(13-17)9-4-10-40(2,38)39/h5-6,10-11,15,17-18H,3-4,7-9,12-14H2,1-2H3,(H,32,39);6-7,11-12,16-18H,3-5,8-10,13-15H2,1-2H3. The number of alkyl halides is 6. The van der Waals surface area contributed by atoms with Crippen LogP contribution in [-0.4, -0.2) is 148 Å². The van der Waals surface area contributed by atoms with Gasteiger partial charge in [-0.15, -0.1) is 0 Å². The van der Waals surface area contributed by atoms with E-state index in [-0.39, 0.29) is 34.0 Å². The highest BCUT2D eigenvalue weighted by atomic mass is 35.5. The Hall–Kier alpha value is -4.78. The summed E-state index contributed by atoms with van der Waals surface area (Å²) >= 11 is 24.7. The number of carbonyl (C=O) groups is 1. The molecule has 4 saturated heterocycles. The van der Waals surface area contributed by atoms with Crippen molar-refractivity contribution < 1.29 is 39.6 Å². The Labute approximate surface area is 474 Å². The van der Waals surface area contributed by atoms with Gasteiger partial charge in [0.25, 0.3) is 0 Å². The number of amides is 1. The molecule has 0 radical (unpaired) electrons. The molecule has 16 nitrogen and oxygen atoms in total. The lowest BCUT2D eigenvalue weighted by molar-refractivity contribution is -0.141. The molecule has 27 heteroatoms. The molecule has 0 saturated carbocycles. The van der Waals surface area contributed by atoms with Gasteiger partial charge in [0.2, 0.25) is 5.91 Å². The van der Waals surface area contributed by atoms with E-state index in [4.69, 9.17) is 46.4 Å². The molecule has 4 aliphatic heterocycles. The molecule has 0 bridgehead atoms. The molecule has 79 heavy (non-hydrogen) atoms. The van der Waals surface area contributed by atoms with Crippen molar-refractivity contribution in [1.29, 1.82) is 0 Å². The largest absolute Gasteiger partial charge is 0.437 e. The van der Waals surface area contributed by atoms with Crippen LogP contribution in [0.4, 0.5) is 38.0 Å². The van der Waals surface area contributed by atoms with Crippen LogP contribution < -0.4 is 15.1 Å². The van der Waals surface area contributed by atoms with E-state index in [9.17, 15) is 39.6 Å². The van der Waals surface area contributed by atoms with Crippen LogP contribution in [0.25, 0.3) is 22.3 Å². The average molecular weight is 1200 g/mol. The molecule has 4 fully saturated rings. The molecular weight excluding hydrogens is 1140 g/mol. The fourth-order valence-electron chi connectivity index (χ4n) is 11.3. The molecule has 4 aliphatic rings. The summed E-state index contributed by atoms with van der Waals surface area (Å²) in [4.78, 5) is 37.5. The molecule has 428 valence electrons. The molecule has 10 rings (SSSR count). The maximum absolute atomic E-state index is 13.9. The summed E-state index contributed by atoms with van der Waals surface area (Å²) in [5.74, 6) is 3.11. The normalized spacial score (nSPS) is 20.0. The third-order valence-corrected chi connectivity index (χ3v) is 17.7. The van der Waals surface area contributed by atoms with Crippen LogP contribution in [0.5, 0.6) is 0 Å². The first-order chi connectivity index (χ1) is 37.3. The van der Waals surface area contributed by atoms with Crippen LogP contribution in [-0.2, 0) is 27.0 Å². The molecule has 2 aromatic carbocycles. The highest BCUT2D eigenvalue weighted by molar-refractivity contribution is 7.90. The van der Waals surface area contributed by atoms with Gasteiger partial charge >= 0.3 is 12.4 Å². The molecular formula is C52H61Cl4F6N13O3S. The highest BCUT2D eigenvalue weighted by Crippen LogP contribution is 2.41. The third kappa shape index (κ3) is 13.8. The van der Waals surface area contributed by atoms with Gasteiger partial charge in [0.15, 0.2) is 22.7 Å². The number of benzene rings is 2. The first kappa shape index (κ1) is 58.9. The van der Waals surface area contributed by atoms with Gasteiger partial charge in [-0.1, -0.05) is 58.5 Å². The fourth-order valence-corrected chi connectivity index (χ4v) is 13.1. The topological polar surface area (TPSA) is 163 Å². The third-order valence-electron chi connectivity index (χ3n) is 15.6. The van der Waals surface area contributed by atoms with E-state index in [0.717, 1.165) is 91.1 Å². The lowest BCUT2D eigenvalue weighted by atomic mass is 9.80. The van der Waals surface area contributed by atoms with E-state index in [0.29, 0.717) is 79.5 Å². The summed E-state index contributed by atoms with van der Waals surface area (Å²) in [7, 11) is -2.96. The molecule has 0 aliphatic carbocycles. The van der Waals surface area contributed by atoms with Crippen molar-refractivity contribution in [1.82, 2.24) is 54.6 Å². The second kappa shape index (κ2) is 24.0. The van der Waals surface area contributed by atoms with Crippen LogP contribution in [0, 0.1) is 23.7 Å². The van der Waals surface area contributed by atoms with E-state index in [1.165, 1.54) is 34.9 Å². The van der Waals surface area contributed by atoms with Crippen molar-refractivity contribution in [2.45, 2.75) is 77.3 Å². The number of likely N-dealkylation sites (tertiary alicyclic amines) is 2. The Morgan fingerprint density at radius 1 is 0.671 bits per heavy atom. The van der Waals surface area contributed by atoms with Gasteiger partial charge in [-0.05, 0) is 125 Å². The van der Waals surface area contributed by atoms with Crippen LogP contribution in [0.2, 0.25) is 20.1 Å². The molecule has 1 N–H and O–H groups in total. The van der Waals surface area contributed by atoms with Gasteiger partial charge in [0.1, 0.15) is 32.5 Å². The molecule has 1 amide bonds. The minimum atomic E-state index is -4.70. The SMILES string of the molecule is CC(=O)NCCN1CCCC(C2CN(c3cnc4c(C(F)(F)F)nn(C(C)c5ccc(Cl)cc5Cl)c4n3)C2)C1.CC(c1ccc(Cl)cc1Cl)n1nc(C(F)(F)F)c2ncc(N3CC(C4CCCN(CCCS(C)(=O)=O)C4)C3)nc21. The summed E-state index contributed by atoms with van der Waals surface area (Å²) in [6, 6.07) is 8.43. The number of anilines is 2. The number of fused-ring (bicyclic) bond motifs is 2. The Balaban J connectivity index is 0.000000192. The van der Waals surface area contributed by atoms with Gasteiger partial charge in [-0.2, -0.15) is 36.5 Å². The van der Waals surface area contributed by atoms with Gasteiger partial charge in [0, 0.05) is 85.6 Å². The lowest BCUT2D eigenvalue weighted by Gasteiger charge is -2.47. The second-order valence-corrected chi connectivity index (χ2v) is 25.2. The number of sulfone groups is 1. The summed E-state index contributed by atoms with van der Waals surface area (Å²) in [5, 5.41) is 12.2. The van der Waals surface area contributed by atoms with E-state index >= 15 is 0 Å². The van der Waals surface area contributed by atoms with E-state index in [2.05, 4.69) is 50.1 Å². The zero-order valence-corrected chi connectivity index (χ0v) is 47.7. The molecule has 4 atom stereocenters. The van der Waals surface area contributed by atoms with Gasteiger partial charge < -0.3 is 24.9 Å². The number of hydrogen-bond donors (Lipinski definition) is 1. The number of nitrogens with one attached hydrogen (secondary N) is 1. The maximum atomic E-state index is 13.9. The summed E-state index contributed by atoms with van der Waals surface area (Å²) < 4.78 is 109. The Kier molecular flexibility index (Phi) is 17.9. The number of carbonyl (C=O) groups excluding carboxylic acids is 1. The van der Waals surface area contributed by atoms with Gasteiger partial charge in [-0.25, -0.2) is 37.7 Å². The van der Waals surface area contributed by atoms with E-state index in [1.54, 1.807) is 50.2 Å². The van der Waals surface area contributed by atoms with Crippen molar-refractivity contribution in [3.05, 3.63) is 91.4 Å². The molecule has 4 aromatic heterocycles. The Bertz CT molecular complexity index is 3280. The predicted molar refractivity (Wildman–Crippen MR) is 294 cm³/mol. The monoisotopic (exact) mass is 1200 g/mol. The number of nitrogens with zero attached hydrogens (tertiary/aromatic N) is 12. The van der Waals surface area contributed by atoms with Gasteiger partial charge in [0.05, 0.1) is 30.2 Å². The average Bonchev–Trinajstić information content (AvgIpc) is 4.20. The summed E-state index contributed by atoms with van der Waals surface area (Å²) in [5.41, 5.74) is -1.50. The van der Waals surface area contributed by atoms with Crippen LogP contribution >= 0.6 is 46.4 Å². The minimum Gasteiger partial charge on any atom is -0.355 e. The van der Waals surface area contributed by atoms with E-state index < -0.39 is 45.7 Å². The molecule has 6 aromatic rings. The first-order valence-corrected chi connectivity index (χ1v) is 29.8.